The van der Waals surface area contributed by atoms with Gasteiger partial charge in [0.2, 0.25) is 5.91 Å². The minimum Gasteiger partial charge on any atom is -0.477 e. The molecule has 1 saturated heterocycles. The van der Waals surface area contributed by atoms with Crippen molar-refractivity contribution in [1.29, 1.82) is 0 Å². The molecular formula is C19H18BrF3N6O4S3. The summed E-state index contributed by atoms with van der Waals surface area (Å²) in [5.74, 6) is -1.94. The molecule has 0 spiro atoms. The fourth-order valence-corrected chi connectivity index (χ4v) is 7.51. The van der Waals surface area contributed by atoms with E-state index in [4.69, 9.17) is 0 Å². The number of aryl methyl sites for hydroxylation is 1. The Hall–Kier alpha value is -2.11. The predicted molar refractivity (Wildman–Crippen MR) is 129 cm³/mol. The van der Waals surface area contributed by atoms with E-state index in [1.807, 2.05) is 0 Å². The smallest absolute Gasteiger partial charge is 0.436 e. The Kier molecular flexibility index (Phi) is 7.47. The second-order valence-electron chi connectivity index (χ2n) is 7.90. The summed E-state index contributed by atoms with van der Waals surface area (Å²) < 4.78 is 40.9. The molecule has 10 nitrogen and oxygen atoms in total. The van der Waals surface area contributed by atoms with Gasteiger partial charge in [0, 0.05) is 11.5 Å². The molecule has 2 amide bonds. The molecule has 0 unspecified atom stereocenters. The average molecular weight is 627 g/mol. The number of carbonyl (C=O) groups is 3. The molecule has 0 saturated carbocycles. The number of β-lactam (4-membered cyclic amide) rings is 1. The first-order valence-corrected chi connectivity index (χ1v) is 13.9. The van der Waals surface area contributed by atoms with Gasteiger partial charge in [-0.05, 0) is 42.3 Å². The zero-order chi connectivity index (χ0) is 26.5. The minimum atomic E-state index is -4.71. The van der Waals surface area contributed by atoms with Gasteiger partial charge in [-0.15, -0.1) is 22.0 Å². The van der Waals surface area contributed by atoms with E-state index < -0.39 is 47.1 Å². The Morgan fingerprint density at radius 3 is 2.58 bits per heavy atom. The third-order valence-electron chi connectivity index (χ3n) is 5.52. The van der Waals surface area contributed by atoms with Crippen LogP contribution in [0.25, 0.3) is 0 Å². The summed E-state index contributed by atoms with van der Waals surface area (Å²) in [5, 5.41) is 23.9. The second kappa shape index (κ2) is 9.98. The number of nitrogens with zero attached hydrogens (tertiary/aromatic N) is 5. The van der Waals surface area contributed by atoms with Crippen LogP contribution in [0.1, 0.15) is 29.4 Å². The molecule has 17 heteroatoms. The molecule has 2 aromatic heterocycles. The maximum absolute atomic E-state index is 13.2. The van der Waals surface area contributed by atoms with Crippen molar-refractivity contribution in [2.45, 2.75) is 48.7 Å². The largest absolute Gasteiger partial charge is 0.477 e. The average Bonchev–Trinajstić information content (AvgIpc) is 3.36. The van der Waals surface area contributed by atoms with Crippen LogP contribution >= 0.6 is 50.8 Å². The Morgan fingerprint density at radius 2 is 2.03 bits per heavy atom. The van der Waals surface area contributed by atoms with Crippen molar-refractivity contribution in [2.75, 3.05) is 11.5 Å². The maximum Gasteiger partial charge on any atom is 0.436 e. The number of carbonyl (C=O) groups excluding carboxylic acids is 2. The number of carboxylic acids is 1. The summed E-state index contributed by atoms with van der Waals surface area (Å²) in [4.78, 5) is 38.9. The SMILES string of the molecule is Cc1nnc(SCC2=C(C(=O)O)N3C(=O)[C@H](NC(=O)[C@H](C)n4nc(C(F)(F)F)c(Br)c4C)[C@H]3SC2)s1. The summed E-state index contributed by atoms with van der Waals surface area (Å²) >= 11 is 6.88. The van der Waals surface area contributed by atoms with Crippen molar-refractivity contribution in [1.82, 2.24) is 30.2 Å². The van der Waals surface area contributed by atoms with Gasteiger partial charge in [-0.25, -0.2) is 4.79 Å². The van der Waals surface area contributed by atoms with Gasteiger partial charge in [-0.1, -0.05) is 23.1 Å². The summed E-state index contributed by atoms with van der Waals surface area (Å²) in [6, 6.07) is -2.16. The normalized spacial score (nSPS) is 20.8. The molecule has 4 heterocycles. The van der Waals surface area contributed by atoms with Gasteiger partial charge in [0.05, 0.1) is 10.2 Å². The molecule has 2 aromatic rings. The van der Waals surface area contributed by atoms with E-state index in [1.54, 1.807) is 6.92 Å². The Morgan fingerprint density at radius 1 is 1.33 bits per heavy atom. The van der Waals surface area contributed by atoms with E-state index >= 15 is 0 Å². The lowest BCUT2D eigenvalue weighted by molar-refractivity contribution is -0.151. The molecule has 2 N–H and O–H groups in total. The molecule has 194 valence electrons. The molecule has 0 aliphatic carbocycles. The van der Waals surface area contributed by atoms with Gasteiger partial charge in [0.15, 0.2) is 10.0 Å². The highest BCUT2D eigenvalue weighted by Crippen LogP contribution is 2.42. The maximum atomic E-state index is 13.2. The van der Waals surface area contributed by atoms with E-state index in [-0.39, 0.29) is 15.9 Å². The molecule has 2 aliphatic heterocycles. The van der Waals surface area contributed by atoms with Crippen LogP contribution in [0.5, 0.6) is 0 Å². The molecular weight excluding hydrogens is 609 g/mol. The van der Waals surface area contributed by atoms with Crippen LogP contribution in [0.15, 0.2) is 20.1 Å². The molecule has 2 aliphatic rings. The lowest BCUT2D eigenvalue weighted by Crippen LogP contribution is -2.71. The van der Waals surface area contributed by atoms with Crippen LogP contribution in [-0.2, 0) is 20.6 Å². The highest BCUT2D eigenvalue weighted by molar-refractivity contribution is 9.10. The minimum absolute atomic E-state index is 0.0995. The van der Waals surface area contributed by atoms with Crippen LogP contribution in [-0.4, -0.2) is 70.7 Å². The van der Waals surface area contributed by atoms with Gasteiger partial charge < -0.3 is 10.4 Å². The number of fused-ring (bicyclic) bond motifs is 1. The third kappa shape index (κ3) is 4.89. The Bertz CT molecular complexity index is 1280. The highest BCUT2D eigenvalue weighted by atomic mass is 79.9. The van der Waals surface area contributed by atoms with Crippen LogP contribution in [0.2, 0.25) is 0 Å². The Labute approximate surface area is 223 Å². The van der Waals surface area contributed by atoms with Crippen LogP contribution < -0.4 is 5.32 Å². The lowest BCUT2D eigenvalue weighted by atomic mass is 10.0. The summed E-state index contributed by atoms with van der Waals surface area (Å²) in [7, 11) is 0. The topological polar surface area (TPSA) is 130 Å². The number of halogens is 4. The van der Waals surface area contributed by atoms with E-state index in [0.29, 0.717) is 21.4 Å². The monoisotopic (exact) mass is 626 g/mol. The van der Waals surface area contributed by atoms with Crippen LogP contribution in [0, 0.1) is 13.8 Å². The molecule has 1 fully saturated rings. The fourth-order valence-electron chi connectivity index (χ4n) is 3.72. The molecule has 3 atom stereocenters. The molecule has 0 radical (unpaired) electrons. The number of aliphatic carboxylic acids is 1. The number of carboxylic acid groups (broad SMARTS) is 1. The summed E-state index contributed by atoms with van der Waals surface area (Å²) in [6.45, 7) is 4.56. The van der Waals surface area contributed by atoms with Gasteiger partial charge in [0.25, 0.3) is 5.91 Å². The fraction of sp³-hybridized carbons (Fsp3) is 0.474. The van der Waals surface area contributed by atoms with Crippen LogP contribution in [0.4, 0.5) is 13.2 Å². The van der Waals surface area contributed by atoms with E-state index in [0.717, 1.165) is 14.6 Å². The van der Waals surface area contributed by atoms with Gasteiger partial charge in [-0.3, -0.25) is 19.2 Å². The molecule has 36 heavy (non-hydrogen) atoms. The lowest BCUT2D eigenvalue weighted by Gasteiger charge is -2.49. The zero-order valence-corrected chi connectivity index (χ0v) is 22.8. The van der Waals surface area contributed by atoms with Gasteiger partial charge >= 0.3 is 12.1 Å². The van der Waals surface area contributed by atoms with E-state index in [9.17, 15) is 32.7 Å². The number of aromatic nitrogens is 4. The number of amides is 2. The first-order valence-electron chi connectivity index (χ1n) is 10.3. The van der Waals surface area contributed by atoms with Crippen molar-refractivity contribution < 1.29 is 32.7 Å². The first-order chi connectivity index (χ1) is 16.8. The molecule has 0 bridgehead atoms. The second-order valence-corrected chi connectivity index (χ2v) is 12.2. The third-order valence-corrected chi connectivity index (χ3v) is 9.86. The van der Waals surface area contributed by atoms with Crippen molar-refractivity contribution >= 4 is 68.6 Å². The summed E-state index contributed by atoms with van der Waals surface area (Å²) in [5.41, 5.74) is -0.636. The van der Waals surface area contributed by atoms with Crippen molar-refractivity contribution in [3.05, 3.63) is 32.1 Å². The predicted octanol–water partition coefficient (Wildman–Crippen LogP) is 3.22. The Balaban J connectivity index is 1.47. The van der Waals surface area contributed by atoms with Crippen LogP contribution in [0.3, 0.4) is 0 Å². The number of nitrogens with one attached hydrogen (secondary N) is 1. The van der Waals surface area contributed by atoms with Crippen molar-refractivity contribution in [3.8, 4) is 0 Å². The number of hydrogen-bond acceptors (Lipinski definition) is 9. The summed E-state index contributed by atoms with van der Waals surface area (Å²) in [6.07, 6.45) is -4.71. The molecule has 0 aromatic carbocycles. The standard InChI is InChI=1S/C19H18BrF3N6O4S3/c1-6-10(20)13(19(21,22)23)27-29(6)7(2)14(30)24-11-15(31)28-12(17(32)33)9(4-34-16(11)28)5-35-18-26-25-8(3)36-18/h7,11,16H,4-5H2,1-3H3,(H,24,30)(H,32,33)/t7-,11-,16+/m0/s1. The van der Waals surface area contributed by atoms with Gasteiger partial charge in [0.1, 0.15) is 28.2 Å². The quantitative estimate of drug-likeness (QED) is 0.351. The van der Waals surface area contributed by atoms with E-state index in [2.05, 4.69) is 36.5 Å². The first kappa shape index (κ1) is 26.9. The highest BCUT2D eigenvalue weighted by Gasteiger charge is 2.54. The van der Waals surface area contributed by atoms with Crippen molar-refractivity contribution in [2.24, 2.45) is 0 Å². The number of alkyl halides is 3. The zero-order valence-electron chi connectivity index (χ0n) is 18.8. The number of thioether (sulfide) groups is 2. The number of hydrogen-bond donors (Lipinski definition) is 2. The molecule has 4 rings (SSSR count). The van der Waals surface area contributed by atoms with Crippen molar-refractivity contribution in [3.63, 3.8) is 0 Å². The number of rotatable bonds is 7. The van der Waals surface area contributed by atoms with E-state index in [1.165, 1.54) is 48.7 Å². The van der Waals surface area contributed by atoms with Gasteiger partial charge in [-0.2, -0.15) is 18.3 Å².